The zero-order chi connectivity index (χ0) is 15.6. The normalized spacial score (nSPS) is 17.4. The van der Waals surface area contributed by atoms with Gasteiger partial charge in [0.1, 0.15) is 0 Å². The number of pyridine rings is 1. The third-order valence-electron chi connectivity index (χ3n) is 4.25. The van der Waals surface area contributed by atoms with Gasteiger partial charge < -0.3 is 9.73 Å². The molecule has 0 saturated heterocycles. The van der Waals surface area contributed by atoms with Crippen LogP contribution in [0.5, 0.6) is 0 Å². The number of aromatic nitrogens is 3. The van der Waals surface area contributed by atoms with Crippen LogP contribution >= 0.6 is 11.8 Å². The molecule has 4 rings (SSSR count). The molecule has 0 unspecified atom stereocenters. The number of hydrogen-bond donors (Lipinski definition) is 1. The minimum Gasteiger partial charge on any atom is -0.411 e. The first-order valence-corrected chi connectivity index (χ1v) is 8.94. The number of thioether (sulfide) groups is 1. The summed E-state index contributed by atoms with van der Waals surface area (Å²) in [5.41, 5.74) is 0.825. The van der Waals surface area contributed by atoms with E-state index in [1.54, 1.807) is 12.4 Å². The van der Waals surface area contributed by atoms with Crippen molar-refractivity contribution in [2.45, 2.75) is 36.9 Å². The molecular formula is C16H18N4O2S. The molecule has 23 heavy (non-hydrogen) atoms. The Kier molecular flexibility index (Phi) is 4.03. The van der Waals surface area contributed by atoms with Crippen molar-refractivity contribution in [1.82, 2.24) is 20.5 Å². The van der Waals surface area contributed by atoms with E-state index in [1.807, 2.05) is 12.1 Å². The molecule has 2 aliphatic carbocycles. The third kappa shape index (κ3) is 3.72. The highest BCUT2D eigenvalue weighted by atomic mass is 32.2. The summed E-state index contributed by atoms with van der Waals surface area (Å²) in [5.74, 6) is 2.23. The Bertz CT molecular complexity index is 670. The number of amides is 1. The van der Waals surface area contributed by atoms with Gasteiger partial charge in [0.2, 0.25) is 11.8 Å². The van der Waals surface area contributed by atoms with E-state index < -0.39 is 0 Å². The van der Waals surface area contributed by atoms with Gasteiger partial charge in [0.15, 0.2) is 0 Å². The Hall–Kier alpha value is -1.89. The van der Waals surface area contributed by atoms with Crippen molar-refractivity contribution in [3.63, 3.8) is 0 Å². The second-order valence-corrected chi connectivity index (χ2v) is 7.09. The highest BCUT2D eigenvalue weighted by Gasteiger charge is 2.42. The quantitative estimate of drug-likeness (QED) is 0.786. The lowest BCUT2D eigenvalue weighted by Gasteiger charge is -2.17. The predicted molar refractivity (Wildman–Crippen MR) is 85.6 cm³/mol. The lowest BCUT2D eigenvalue weighted by molar-refractivity contribution is -0.119. The maximum Gasteiger partial charge on any atom is 0.277 e. The maximum atomic E-state index is 12.1. The molecule has 0 aromatic carbocycles. The fourth-order valence-corrected chi connectivity index (χ4v) is 3.34. The van der Waals surface area contributed by atoms with Crippen LogP contribution in [0.4, 0.5) is 0 Å². The van der Waals surface area contributed by atoms with Crippen molar-refractivity contribution in [3.05, 3.63) is 24.5 Å². The van der Waals surface area contributed by atoms with Gasteiger partial charge in [-0.1, -0.05) is 11.8 Å². The lowest BCUT2D eigenvalue weighted by Crippen LogP contribution is -2.39. The van der Waals surface area contributed by atoms with E-state index in [1.165, 1.54) is 37.4 Å². The van der Waals surface area contributed by atoms with Crippen LogP contribution in [0.15, 0.2) is 34.2 Å². The molecule has 0 bridgehead atoms. The molecule has 2 heterocycles. The largest absolute Gasteiger partial charge is 0.411 e. The van der Waals surface area contributed by atoms with Crippen molar-refractivity contribution in [1.29, 1.82) is 0 Å². The molecule has 2 fully saturated rings. The van der Waals surface area contributed by atoms with Crippen LogP contribution in [0.2, 0.25) is 0 Å². The van der Waals surface area contributed by atoms with Gasteiger partial charge in [-0.2, -0.15) is 0 Å². The summed E-state index contributed by atoms with van der Waals surface area (Å²) in [4.78, 5) is 16.1. The summed E-state index contributed by atoms with van der Waals surface area (Å²) < 4.78 is 5.58. The summed E-state index contributed by atoms with van der Waals surface area (Å²) in [6.45, 7) is 0. The molecule has 0 spiro atoms. The van der Waals surface area contributed by atoms with Crippen molar-refractivity contribution < 1.29 is 9.21 Å². The average molecular weight is 330 g/mol. The second kappa shape index (κ2) is 6.31. The molecular weight excluding hydrogens is 312 g/mol. The van der Waals surface area contributed by atoms with E-state index in [2.05, 4.69) is 20.5 Å². The zero-order valence-corrected chi connectivity index (χ0v) is 13.5. The first-order chi connectivity index (χ1) is 11.3. The number of nitrogens with zero attached hydrogens (tertiary/aromatic N) is 3. The fraction of sp³-hybridized carbons (Fsp3) is 0.500. The van der Waals surface area contributed by atoms with Crippen molar-refractivity contribution in [2.24, 2.45) is 11.8 Å². The van der Waals surface area contributed by atoms with Crippen molar-refractivity contribution in [2.75, 3.05) is 5.75 Å². The van der Waals surface area contributed by atoms with Crippen LogP contribution in [0.3, 0.4) is 0 Å². The van der Waals surface area contributed by atoms with Gasteiger partial charge in [-0.3, -0.25) is 9.78 Å². The molecule has 0 aliphatic heterocycles. The van der Waals surface area contributed by atoms with Gasteiger partial charge in [0.25, 0.3) is 5.22 Å². The minimum atomic E-state index is 0.0578. The van der Waals surface area contributed by atoms with Crippen LogP contribution in [0.25, 0.3) is 11.5 Å². The number of carbonyl (C=O) groups excluding carboxylic acids is 1. The molecule has 120 valence electrons. The van der Waals surface area contributed by atoms with Gasteiger partial charge in [0, 0.05) is 24.0 Å². The molecule has 1 amide bonds. The molecule has 0 atom stereocenters. The van der Waals surface area contributed by atoms with E-state index in [0.29, 0.717) is 34.7 Å². The summed E-state index contributed by atoms with van der Waals surface area (Å²) in [6, 6.07) is 4.01. The standard InChI is InChI=1S/C16H18N4O2S/c21-13(18-14(10-1-2-10)11-3-4-11)9-23-16-20-19-15(22-16)12-5-7-17-8-6-12/h5-8,10-11,14H,1-4,9H2,(H,18,21). The number of hydrogen-bond acceptors (Lipinski definition) is 6. The molecule has 7 heteroatoms. The maximum absolute atomic E-state index is 12.1. The monoisotopic (exact) mass is 330 g/mol. The van der Waals surface area contributed by atoms with Crippen LogP contribution in [-0.2, 0) is 4.79 Å². The Morgan fingerprint density at radius 2 is 1.91 bits per heavy atom. The SMILES string of the molecule is O=C(CSc1nnc(-c2ccncc2)o1)NC(C1CC1)C1CC1. The van der Waals surface area contributed by atoms with Gasteiger partial charge in [-0.05, 0) is 49.7 Å². The Morgan fingerprint density at radius 1 is 1.22 bits per heavy atom. The van der Waals surface area contributed by atoms with Crippen LogP contribution < -0.4 is 5.32 Å². The fourth-order valence-electron chi connectivity index (χ4n) is 2.77. The van der Waals surface area contributed by atoms with Crippen molar-refractivity contribution in [3.8, 4) is 11.5 Å². The Morgan fingerprint density at radius 3 is 2.57 bits per heavy atom. The molecule has 1 N–H and O–H groups in total. The first kappa shape index (κ1) is 14.7. The minimum absolute atomic E-state index is 0.0578. The molecule has 2 aliphatic rings. The van der Waals surface area contributed by atoms with Gasteiger partial charge in [-0.15, -0.1) is 10.2 Å². The summed E-state index contributed by atoms with van der Waals surface area (Å²) in [6.07, 6.45) is 8.38. The molecule has 2 aromatic rings. The average Bonchev–Trinajstić information content (AvgIpc) is 3.50. The van der Waals surface area contributed by atoms with E-state index in [0.717, 1.165) is 5.56 Å². The number of nitrogens with one attached hydrogen (secondary N) is 1. The van der Waals surface area contributed by atoms with Crippen LogP contribution in [-0.4, -0.2) is 32.9 Å². The van der Waals surface area contributed by atoms with Crippen LogP contribution in [0, 0.1) is 11.8 Å². The van der Waals surface area contributed by atoms with Crippen LogP contribution in [0.1, 0.15) is 25.7 Å². The summed E-state index contributed by atoms with van der Waals surface area (Å²) in [7, 11) is 0. The number of rotatable bonds is 7. The lowest BCUT2D eigenvalue weighted by atomic mass is 10.1. The van der Waals surface area contributed by atoms with Gasteiger partial charge in [0.05, 0.1) is 5.75 Å². The molecule has 6 nitrogen and oxygen atoms in total. The van der Waals surface area contributed by atoms with Crippen molar-refractivity contribution >= 4 is 17.7 Å². The van der Waals surface area contributed by atoms with E-state index in [9.17, 15) is 4.79 Å². The van der Waals surface area contributed by atoms with Gasteiger partial charge >= 0.3 is 0 Å². The zero-order valence-electron chi connectivity index (χ0n) is 12.6. The highest BCUT2D eigenvalue weighted by molar-refractivity contribution is 7.99. The predicted octanol–water partition coefficient (Wildman–Crippen LogP) is 2.53. The Labute approximate surface area is 138 Å². The van der Waals surface area contributed by atoms with E-state index >= 15 is 0 Å². The summed E-state index contributed by atoms with van der Waals surface area (Å²) in [5, 5.41) is 11.6. The molecule has 2 aromatic heterocycles. The molecule has 2 saturated carbocycles. The van der Waals surface area contributed by atoms with E-state index in [-0.39, 0.29) is 5.91 Å². The second-order valence-electron chi connectivity index (χ2n) is 6.17. The summed E-state index contributed by atoms with van der Waals surface area (Å²) >= 11 is 1.28. The topological polar surface area (TPSA) is 80.9 Å². The third-order valence-corrected chi connectivity index (χ3v) is 5.07. The first-order valence-electron chi connectivity index (χ1n) is 7.95. The van der Waals surface area contributed by atoms with E-state index in [4.69, 9.17) is 4.42 Å². The Balaban J connectivity index is 1.30. The van der Waals surface area contributed by atoms with Gasteiger partial charge in [-0.25, -0.2) is 0 Å². The molecule has 0 radical (unpaired) electrons. The number of carbonyl (C=O) groups is 1. The highest BCUT2D eigenvalue weighted by Crippen LogP contribution is 2.44. The smallest absolute Gasteiger partial charge is 0.277 e.